The van der Waals surface area contributed by atoms with Gasteiger partial charge in [0.25, 0.3) is 0 Å². The Bertz CT molecular complexity index is 1040. The Hall–Kier alpha value is -3.45. The lowest BCUT2D eigenvalue weighted by Gasteiger charge is -2.04. The molecular weight excluding hydrogens is 322 g/mol. The van der Waals surface area contributed by atoms with Crippen molar-refractivity contribution in [1.29, 1.82) is 5.26 Å². The van der Waals surface area contributed by atoms with E-state index in [-0.39, 0.29) is 11.4 Å². The Morgan fingerprint density at radius 2 is 1.81 bits per heavy atom. The summed E-state index contributed by atoms with van der Waals surface area (Å²) >= 11 is 0. The number of Topliss-reactive ketones (excluding diaryl/α,β-unsaturated/α-hetero) is 1. The topological polar surface area (TPSA) is 58.7 Å². The average molecular weight is 341 g/mol. The first kappa shape index (κ1) is 17.4. The molecule has 1 aromatic heterocycles. The number of ketones is 1. The van der Waals surface area contributed by atoms with Gasteiger partial charge in [-0.3, -0.25) is 4.79 Å². The summed E-state index contributed by atoms with van der Waals surface area (Å²) < 4.78 is 1.83. The number of nitriles is 1. The molecule has 0 atom stereocenters. The van der Waals surface area contributed by atoms with Gasteiger partial charge in [0.1, 0.15) is 11.6 Å². The zero-order valence-electron chi connectivity index (χ0n) is 15.0. The van der Waals surface area contributed by atoms with E-state index in [1.54, 1.807) is 18.2 Å². The largest absolute Gasteiger partial charge is 0.288 e. The highest BCUT2D eigenvalue weighted by Gasteiger charge is 2.16. The number of benzene rings is 2. The zero-order valence-corrected chi connectivity index (χ0v) is 15.0. The number of carbonyl (C=O) groups excluding carboxylic acids is 1. The second kappa shape index (κ2) is 7.20. The molecule has 0 radical (unpaired) electrons. The molecule has 1 heterocycles. The van der Waals surface area contributed by atoms with Crippen LogP contribution in [0, 0.1) is 32.1 Å². The molecule has 0 saturated heterocycles. The molecule has 0 fully saturated rings. The smallest absolute Gasteiger partial charge is 0.203 e. The van der Waals surface area contributed by atoms with E-state index in [1.807, 2.05) is 74.0 Å². The normalized spacial score (nSPS) is 11.2. The van der Waals surface area contributed by atoms with Gasteiger partial charge in [-0.25, -0.2) is 4.68 Å². The number of para-hydroxylation sites is 1. The molecule has 4 nitrogen and oxygen atoms in total. The molecule has 3 rings (SSSR count). The highest BCUT2D eigenvalue weighted by molar-refractivity contribution is 6.14. The minimum absolute atomic E-state index is 0.106. The Kier molecular flexibility index (Phi) is 4.81. The van der Waals surface area contributed by atoms with E-state index in [4.69, 9.17) is 0 Å². The highest BCUT2D eigenvalue weighted by atomic mass is 16.1. The lowest BCUT2D eigenvalue weighted by Crippen LogP contribution is -2.02. The average Bonchev–Trinajstić information content (AvgIpc) is 2.94. The monoisotopic (exact) mass is 341 g/mol. The van der Waals surface area contributed by atoms with Gasteiger partial charge < -0.3 is 0 Å². The number of carbonyl (C=O) groups is 1. The zero-order chi connectivity index (χ0) is 18.7. The van der Waals surface area contributed by atoms with Crippen LogP contribution in [0.1, 0.15) is 32.9 Å². The molecule has 26 heavy (non-hydrogen) atoms. The van der Waals surface area contributed by atoms with E-state index in [0.29, 0.717) is 5.56 Å². The number of nitrogens with zero attached hydrogens (tertiary/aromatic N) is 3. The minimum atomic E-state index is -0.275. The Labute approximate surface area is 153 Å². The first-order valence-corrected chi connectivity index (χ1v) is 8.36. The fourth-order valence-electron chi connectivity index (χ4n) is 2.92. The van der Waals surface area contributed by atoms with Crippen molar-refractivity contribution in [3.05, 3.63) is 88.2 Å². The fourth-order valence-corrected chi connectivity index (χ4v) is 2.92. The van der Waals surface area contributed by atoms with Crippen LogP contribution in [0.3, 0.4) is 0 Å². The molecule has 0 bridgehead atoms. The van der Waals surface area contributed by atoms with E-state index in [1.165, 1.54) is 0 Å². The molecule has 4 heteroatoms. The van der Waals surface area contributed by atoms with Crippen molar-refractivity contribution in [2.45, 2.75) is 20.8 Å². The first-order chi connectivity index (χ1) is 12.5. The van der Waals surface area contributed by atoms with Gasteiger partial charge in [0.15, 0.2) is 0 Å². The Morgan fingerprint density at radius 1 is 1.08 bits per heavy atom. The van der Waals surface area contributed by atoms with Crippen LogP contribution in [-0.4, -0.2) is 15.6 Å². The second-order valence-electron chi connectivity index (χ2n) is 6.20. The number of rotatable bonds is 4. The van der Waals surface area contributed by atoms with E-state index in [0.717, 1.165) is 28.2 Å². The summed E-state index contributed by atoms with van der Waals surface area (Å²) in [6.45, 7) is 5.74. The van der Waals surface area contributed by atoms with Crippen molar-refractivity contribution in [2.75, 3.05) is 0 Å². The van der Waals surface area contributed by atoms with Gasteiger partial charge >= 0.3 is 0 Å². The van der Waals surface area contributed by atoms with Gasteiger partial charge in [-0.1, -0.05) is 42.0 Å². The Balaban J connectivity index is 2.04. The molecule has 0 spiro atoms. The van der Waals surface area contributed by atoms with Crippen LogP contribution in [0.2, 0.25) is 0 Å². The molecular formula is C22H19N3O. The predicted octanol–water partition coefficient (Wildman–Crippen LogP) is 4.59. The van der Waals surface area contributed by atoms with Gasteiger partial charge in [0, 0.05) is 16.8 Å². The van der Waals surface area contributed by atoms with Gasteiger partial charge in [0.2, 0.25) is 5.78 Å². The van der Waals surface area contributed by atoms with Gasteiger partial charge in [0.05, 0.1) is 11.4 Å². The molecule has 3 aromatic rings. The maximum atomic E-state index is 12.7. The molecule has 0 aliphatic heterocycles. The van der Waals surface area contributed by atoms with Gasteiger partial charge in [-0.05, 0) is 45.0 Å². The van der Waals surface area contributed by atoms with Crippen molar-refractivity contribution in [3.63, 3.8) is 0 Å². The molecule has 0 saturated carbocycles. The summed E-state index contributed by atoms with van der Waals surface area (Å²) in [5.41, 5.74) is 5.01. The van der Waals surface area contributed by atoms with Crippen LogP contribution in [0.4, 0.5) is 0 Å². The third kappa shape index (κ3) is 3.33. The van der Waals surface area contributed by atoms with Crippen molar-refractivity contribution in [3.8, 4) is 11.8 Å². The van der Waals surface area contributed by atoms with Crippen molar-refractivity contribution in [1.82, 2.24) is 9.78 Å². The lowest BCUT2D eigenvalue weighted by atomic mass is 10.00. The fraction of sp³-hybridized carbons (Fsp3) is 0.136. The molecule has 0 amide bonds. The number of aromatic nitrogens is 2. The van der Waals surface area contributed by atoms with Crippen LogP contribution in [0.5, 0.6) is 0 Å². The number of allylic oxidation sites excluding steroid dienone is 1. The first-order valence-electron chi connectivity index (χ1n) is 8.36. The van der Waals surface area contributed by atoms with Crippen LogP contribution >= 0.6 is 0 Å². The SMILES string of the molecule is Cc1cccc(C(=O)/C(C#N)=C/c2c(C)nn(-c3ccccc3)c2C)c1. The van der Waals surface area contributed by atoms with E-state index in [9.17, 15) is 10.1 Å². The number of hydrogen-bond donors (Lipinski definition) is 0. The van der Waals surface area contributed by atoms with Crippen molar-refractivity contribution < 1.29 is 4.79 Å². The molecule has 0 unspecified atom stereocenters. The maximum Gasteiger partial charge on any atom is 0.203 e. The molecule has 128 valence electrons. The number of aryl methyl sites for hydroxylation is 2. The molecule has 2 aromatic carbocycles. The summed E-state index contributed by atoms with van der Waals surface area (Å²) in [6.07, 6.45) is 1.64. The Morgan fingerprint density at radius 3 is 2.46 bits per heavy atom. The molecule has 0 aliphatic rings. The third-order valence-corrected chi connectivity index (χ3v) is 4.28. The van der Waals surface area contributed by atoms with Crippen LogP contribution in [0.25, 0.3) is 11.8 Å². The number of hydrogen-bond acceptors (Lipinski definition) is 3. The molecule has 0 aliphatic carbocycles. The van der Waals surface area contributed by atoms with Crippen molar-refractivity contribution >= 4 is 11.9 Å². The van der Waals surface area contributed by atoms with E-state index < -0.39 is 0 Å². The quantitative estimate of drug-likeness (QED) is 0.396. The summed E-state index contributed by atoms with van der Waals surface area (Å²) in [5, 5.41) is 14.1. The third-order valence-electron chi connectivity index (χ3n) is 4.28. The second-order valence-corrected chi connectivity index (χ2v) is 6.20. The van der Waals surface area contributed by atoms with Crippen LogP contribution in [0.15, 0.2) is 60.2 Å². The highest BCUT2D eigenvalue weighted by Crippen LogP contribution is 2.22. The summed E-state index contributed by atoms with van der Waals surface area (Å²) in [7, 11) is 0. The summed E-state index contributed by atoms with van der Waals surface area (Å²) in [4.78, 5) is 12.7. The summed E-state index contributed by atoms with van der Waals surface area (Å²) in [5.74, 6) is -0.275. The lowest BCUT2D eigenvalue weighted by molar-refractivity contribution is 0.104. The predicted molar refractivity (Wildman–Crippen MR) is 102 cm³/mol. The van der Waals surface area contributed by atoms with Crippen LogP contribution < -0.4 is 0 Å². The maximum absolute atomic E-state index is 12.7. The molecule has 0 N–H and O–H groups in total. The van der Waals surface area contributed by atoms with E-state index in [2.05, 4.69) is 5.10 Å². The summed E-state index contributed by atoms with van der Waals surface area (Å²) in [6, 6.07) is 19.1. The van der Waals surface area contributed by atoms with Crippen molar-refractivity contribution in [2.24, 2.45) is 0 Å². The standard InChI is InChI=1S/C22H19N3O/c1-15-8-7-9-18(12-15)22(26)19(14-23)13-21-16(2)24-25(17(21)3)20-10-5-4-6-11-20/h4-13H,1-3H3/b19-13+. The van der Waals surface area contributed by atoms with Gasteiger partial charge in [-0.15, -0.1) is 0 Å². The van der Waals surface area contributed by atoms with Crippen LogP contribution in [-0.2, 0) is 0 Å². The van der Waals surface area contributed by atoms with E-state index >= 15 is 0 Å². The minimum Gasteiger partial charge on any atom is -0.288 e. The van der Waals surface area contributed by atoms with Gasteiger partial charge in [-0.2, -0.15) is 10.4 Å².